The molecule has 2 amide bonds. The fourth-order valence-corrected chi connectivity index (χ4v) is 6.08. The summed E-state index contributed by atoms with van der Waals surface area (Å²) in [5, 5.41) is 6.88. The highest BCUT2D eigenvalue weighted by Crippen LogP contribution is 2.27. The van der Waals surface area contributed by atoms with Gasteiger partial charge in [0.15, 0.2) is 0 Å². The Balaban J connectivity index is 1.38. The SMILES string of the molecule is CCN1CCN(Cc2cccc(N(Cc3ccc(-c4nnc(C(F)F)o4)cc3F)C(=O)N3CCS(=O)CC3)c2)CC1. The molecule has 5 rings (SSSR count). The number of hydrogen-bond donors (Lipinski definition) is 0. The lowest BCUT2D eigenvalue weighted by Gasteiger charge is -2.35. The van der Waals surface area contributed by atoms with Gasteiger partial charge in [0, 0.05) is 84.9 Å². The van der Waals surface area contributed by atoms with E-state index in [-0.39, 0.29) is 29.6 Å². The van der Waals surface area contributed by atoms with Crippen molar-refractivity contribution in [2.75, 3.05) is 62.2 Å². The summed E-state index contributed by atoms with van der Waals surface area (Å²) < 4.78 is 57.9. The maximum absolute atomic E-state index is 15.3. The summed E-state index contributed by atoms with van der Waals surface area (Å²) in [6.07, 6.45) is -2.93. The van der Waals surface area contributed by atoms with Crippen molar-refractivity contribution in [2.45, 2.75) is 26.4 Å². The lowest BCUT2D eigenvalue weighted by atomic mass is 10.1. The second-order valence-corrected chi connectivity index (χ2v) is 11.8. The molecule has 3 heterocycles. The van der Waals surface area contributed by atoms with Crippen LogP contribution in [0.4, 0.5) is 23.7 Å². The first-order valence-corrected chi connectivity index (χ1v) is 15.1. The van der Waals surface area contributed by atoms with Crippen LogP contribution in [0.1, 0.15) is 30.4 Å². The van der Waals surface area contributed by atoms with Gasteiger partial charge in [-0.15, -0.1) is 10.2 Å². The molecule has 9 nitrogen and oxygen atoms in total. The van der Waals surface area contributed by atoms with Crippen molar-refractivity contribution in [3.8, 4) is 11.5 Å². The Labute approximate surface area is 239 Å². The van der Waals surface area contributed by atoms with E-state index in [4.69, 9.17) is 4.42 Å². The fourth-order valence-electron chi connectivity index (χ4n) is 5.03. The molecule has 0 spiro atoms. The molecule has 41 heavy (non-hydrogen) atoms. The smallest absolute Gasteiger partial charge is 0.324 e. The quantitative estimate of drug-likeness (QED) is 0.390. The average molecular weight is 591 g/mol. The first kappa shape index (κ1) is 29.2. The van der Waals surface area contributed by atoms with Crippen LogP contribution in [0.3, 0.4) is 0 Å². The molecule has 3 aromatic rings. The highest BCUT2D eigenvalue weighted by atomic mass is 32.2. The summed E-state index contributed by atoms with van der Waals surface area (Å²) in [6, 6.07) is 11.5. The zero-order valence-corrected chi connectivity index (χ0v) is 23.7. The average Bonchev–Trinajstić information content (AvgIpc) is 3.48. The van der Waals surface area contributed by atoms with E-state index in [9.17, 15) is 17.8 Å². The molecule has 0 bridgehead atoms. The zero-order valence-electron chi connectivity index (χ0n) is 22.8. The van der Waals surface area contributed by atoms with Crippen molar-refractivity contribution in [3.05, 3.63) is 65.3 Å². The van der Waals surface area contributed by atoms with E-state index >= 15 is 4.39 Å². The van der Waals surface area contributed by atoms with Crippen LogP contribution >= 0.6 is 0 Å². The van der Waals surface area contributed by atoms with Gasteiger partial charge in [0.05, 0.1) is 6.54 Å². The van der Waals surface area contributed by atoms with Crippen LogP contribution in [0.2, 0.25) is 0 Å². The summed E-state index contributed by atoms with van der Waals surface area (Å²) in [5.74, 6) is -0.890. The summed E-state index contributed by atoms with van der Waals surface area (Å²) in [7, 11) is -0.959. The van der Waals surface area contributed by atoms with E-state index in [1.54, 1.807) is 4.90 Å². The van der Waals surface area contributed by atoms with E-state index in [1.807, 2.05) is 24.3 Å². The minimum absolute atomic E-state index is 0.0602. The lowest BCUT2D eigenvalue weighted by Crippen LogP contribution is -2.48. The van der Waals surface area contributed by atoms with Crippen LogP contribution in [0, 0.1) is 5.82 Å². The van der Waals surface area contributed by atoms with Crippen molar-refractivity contribution in [1.29, 1.82) is 0 Å². The lowest BCUT2D eigenvalue weighted by molar-refractivity contribution is 0.116. The molecule has 2 fully saturated rings. The molecule has 2 aromatic carbocycles. The summed E-state index contributed by atoms with van der Waals surface area (Å²) in [6.45, 7) is 8.54. The molecule has 2 aliphatic heterocycles. The highest BCUT2D eigenvalue weighted by Gasteiger charge is 2.27. The molecule has 13 heteroatoms. The van der Waals surface area contributed by atoms with Crippen LogP contribution in [0.5, 0.6) is 0 Å². The highest BCUT2D eigenvalue weighted by molar-refractivity contribution is 7.85. The van der Waals surface area contributed by atoms with E-state index in [2.05, 4.69) is 26.9 Å². The van der Waals surface area contributed by atoms with E-state index in [0.29, 0.717) is 30.3 Å². The first-order chi connectivity index (χ1) is 19.8. The molecule has 0 atom stereocenters. The number of benzene rings is 2. The Kier molecular flexibility index (Phi) is 9.35. The van der Waals surface area contributed by atoms with Crippen molar-refractivity contribution in [1.82, 2.24) is 24.9 Å². The number of amides is 2. The predicted molar refractivity (Wildman–Crippen MR) is 150 cm³/mol. The molecule has 0 aliphatic carbocycles. The van der Waals surface area contributed by atoms with Crippen LogP contribution in [0.15, 0.2) is 46.9 Å². The van der Waals surface area contributed by atoms with Gasteiger partial charge in [0.2, 0.25) is 5.89 Å². The normalized spacial score (nSPS) is 17.3. The number of urea groups is 1. The third kappa shape index (κ3) is 7.14. The van der Waals surface area contributed by atoms with Gasteiger partial charge in [-0.2, -0.15) is 8.78 Å². The summed E-state index contributed by atoms with van der Waals surface area (Å²) in [5.41, 5.74) is 2.07. The monoisotopic (exact) mass is 590 g/mol. The number of carbonyl (C=O) groups excluding carboxylic acids is 1. The Morgan fingerprint density at radius 1 is 1.02 bits per heavy atom. The number of hydrogen-bond acceptors (Lipinski definition) is 7. The van der Waals surface area contributed by atoms with Crippen LogP contribution < -0.4 is 4.90 Å². The van der Waals surface area contributed by atoms with Crippen LogP contribution in [-0.2, 0) is 23.9 Å². The fraction of sp³-hybridized carbons (Fsp3) is 0.464. The molecule has 0 radical (unpaired) electrons. The molecular weight excluding hydrogens is 557 g/mol. The van der Waals surface area contributed by atoms with E-state index in [0.717, 1.165) is 50.9 Å². The minimum atomic E-state index is -2.93. The summed E-state index contributed by atoms with van der Waals surface area (Å²) in [4.78, 5) is 21.7. The second-order valence-electron chi connectivity index (χ2n) is 10.1. The van der Waals surface area contributed by atoms with Gasteiger partial charge in [0.25, 0.3) is 5.89 Å². The van der Waals surface area contributed by atoms with Gasteiger partial charge in [-0.05, 0) is 36.4 Å². The number of halogens is 3. The predicted octanol–water partition coefficient (Wildman–Crippen LogP) is 4.14. The molecule has 0 unspecified atom stereocenters. The molecule has 2 aliphatic rings. The van der Waals surface area contributed by atoms with Crippen molar-refractivity contribution >= 4 is 22.5 Å². The Morgan fingerprint density at radius 3 is 2.41 bits per heavy atom. The van der Waals surface area contributed by atoms with Gasteiger partial charge in [-0.3, -0.25) is 14.0 Å². The number of anilines is 1. The van der Waals surface area contributed by atoms with Crippen LogP contribution in [-0.4, -0.2) is 92.5 Å². The molecule has 2 saturated heterocycles. The van der Waals surface area contributed by atoms with Gasteiger partial charge < -0.3 is 14.2 Å². The largest absolute Gasteiger partial charge is 0.415 e. The van der Waals surface area contributed by atoms with Gasteiger partial charge in [-0.25, -0.2) is 9.18 Å². The van der Waals surface area contributed by atoms with Gasteiger partial charge >= 0.3 is 12.5 Å². The zero-order chi connectivity index (χ0) is 28.9. The first-order valence-electron chi connectivity index (χ1n) is 13.7. The Hall–Kier alpha value is -3.29. The number of alkyl halides is 2. The van der Waals surface area contributed by atoms with Crippen molar-refractivity contribution in [3.63, 3.8) is 0 Å². The minimum Gasteiger partial charge on any atom is -0.415 e. The van der Waals surface area contributed by atoms with Crippen molar-refractivity contribution < 1.29 is 26.6 Å². The Morgan fingerprint density at radius 2 is 1.76 bits per heavy atom. The number of carbonyl (C=O) groups is 1. The molecule has 1 aromatic heterocycles. The van der Waals surface area contributed by atoms with Crippen LogP contribution in [0.25, 0.3) is 11.5 Å². The maximum atomic E-state index is 15.3. The van der Waals surface area contributed by atoms with E-state index < -0.39 is 28.9 Å². The second kappa shape index (κ2) is 13.1. The number of nitrogens with zero attached hydrogens (tertiary/aromatic N) is 6. The number of rotatable bonds is 8. The number of likely N-dealkylation sites (N-methyl/N-ethyl adjacent to an activating group) is 1. The molecular formula is C28H33F3N6O3S. The Bertz CT molecular complexity index is 1370. The number of piperazine rings is 1. The van der Waals surface area contributed by atoms with E-state index in [1.165, 1.54) is 17.0 Å². The van der Waals surface area contributed by atoms with Gasteiger partial charge in [0.1, 0.15) is 5.82 Å². The maximum Gasteiger partial charge on any atom is 0.324 e. The third-order valence-corrected chi connectivity index (χ3v) is 8.75. The molecule has 220 valence electrons. The number of aromatic nitrogens is 2. The van der Waals surface area contributed by atoms with Crippen molar-refractivity contribution in [2.24, 2.45) is 0 Å². The topological polar surface area (TPSA) is 86.0 Å². The molecule has 0 N–H and O–H groups in total. The standard InChI is InChI=1S/C28H33F3N6O3S/c1-2-34-8-10-35(11-9-34)18-20-4-3-5-23(16-20)37(28(38)36-12-14-41(39)15-13-36)19-22-7-6-21(17-24(22)29)26-32-33-27(40-26)25(30)31/h3-7,16-17,25H,2,8-15,18-19H2,1H3. The summed E-state index contributed by atoms with van der Waals surface area (Å²) >= 11 is 0. The van der Waals surface area contributed by atoms with Gasteiger partial charge in [-0.1, -0.05) is 25.1 Å². The third-order valence-electron chi connectivity index (χ3n) is 7.48. The molecule has 0 saturated carbocycles.